The van der Waals surface area contributed by atoms with E-state index in [1.165, 1.54) is 25.8 Å². The summed E-state index contributed by atoms with van der Waals surface area (Å²) in [6.45, 7) is 7.42. The number of allylic oxidation sites excluding steroid dienone is 1. The summed E-state index contributed by atoms with van der Waals surface area (Å²) in [4.78, 5) is 12.9. The SMILES string of the molecule is C=CCCCCCN1CCC(OCCC(=O)O)CC1. The van der Waals surface area contributed by atoms with E-state index in [2.05, 4.69) is 11.5 Å². The minimum atomic E-state index is -0.781. The molecule has 1 fully saturated rings. The van der Waals surface area contributed by atoms with Gasteiger partial charge in [0.1, 0.15) is 0 Å². The van der Waals surface area contributed by atoms with Crippen LogP contribution in [-0.4, -0.2) is 48.3 Å². The molecule has 0 aromatic carbocycles. The van der Waals surface area contributed by atoms with Gasteiger partial charge < -0.3 is 14.7 Å². The summed E-state index contributed by atoms with van der Waals surface area (Å²) in [5.74, 6) is -0.781. The average molecular weight is 269 g/mol. The van der Waals surface area contributed by atoms with E-state index >= 15 is 0 Å². The van der Waals surface area contributed by atoms with E-state index in [1.807, 2.05) is 6.08 Å². The molecule has 110 valence electrons. The second kappa shape index (κ2) is 9.98. The number of rotatable bonds is 10. The molecule has 1 heterocycles. The number of ether oxygens (including phenoxy) is 1. The quantitative estimate of drug-likeness (QED) is 0.489. The highest BCUT2D eigenvalue weighted by molar-refractivity contribution is 5.66. The predicted octanol–water partition coefficient (Wildman–Crippen LogP) is 2.69. The van der Waals surface area contributed by atoms with E-state index in [1.54, 1.807) is 0 Å². The van der Waals surface area contributed by atoms with Crippen molar-refractivity contribution in [3.05, 3.63) is 12.7 Å². The Morgan fingerprint density at radius 2 is 2.05 bits per heavy atom. The Morgan fingerprint density at radius 1 is 1.32 bits per heavy atom. The van der Waals surface area contributed by atoms with Crippen molar-refractivity contribution in [3.8, 4) is 0 Å². The number of unbranched alkanes of at least 4 members (excludes halogenated alkanes) is 3. The molecule has 0 bridgehead atoms. The molecule has 1 aliphatic rings. The molecule has 4 heteroatoms. The third-order valence-corrected chi connectivity index (χ3v) is 3.59. The molecule has 4 nitrogen and oxygen atoms in total. The summed E-state index contributed by atoms with van der Waals surface area (Å²) in [6, 6.07) is 0. The molecule has 0 atom stereocenters. The first-order valence-electron chi connectivity index (χ1n) is 7.39. The number of carboxylic acids is 1. The fraction of sp³-hybridized carbons (Fsp3) is 0.800. The predicted molar refractivity (Wildman–Crippen MR) is 76.3 cm³/mol. The standard InChI is InChI=1S/C15H27NO3/c1-2-3-4-5-6-10-16-11-7-14(8-12-16)19-13-9-15(17)18/h2,14H,1,3-13H2,(H,17,18). The Morgan fingerprint density at radius 3 is 2.68 bits per heavy atom. The van der Waals surface area contributed by atoms with Crippen LogP contribution in [-0.2, 0) is 9.53 Å². The maximum atomic E-state index is 10.4. The average Bonchev–Trinajstić information content (AvgIpc) is 2.40. The van der Waals surface area contributed by atoms with Crippen LogP contribution in [0, 0.1) is 0 Å². The van der Waals surface area contributed by atoms with Gasteiger partial charge in [0.05, 0.1) is 19.1 Å². The first-order valence-corrected chi connectivity index (χ1v) is 7.39. The van der Waals surface area contributed by atoms with Crippen molar-refractivity contribution < 1.29 is 14.6 Å². The van der Waals surface area contributed by atoms with Crippen molar-refractivity contribution in [3.63, 3.8) is 0 Å². The molecule has 19 heavy (non-hydrogen) atoms. The third kappa shape index (κ3) is 8.01. The third-order valence-electron chi connectivity index (χ3n) is 3.59. The van der Waals surface area contributed by atoms with Crippen LogP contribution in [0.2, 0.25) is 0 Å². The van der Waals surface area contributed by atoms with Gasteiger partial charge in [0.15, 0.2) is 0 Å². The minimum Gasteiger partial charge on any atom is -0.481 e. The zero-order valence-electron chi connectivity index (χ0n) is 11.9. The van der Waals surface area contributed by atoms with Crippen molar-refractivity contribution >= 4 is 5.97 Å². The number of carbonyl (C=O) groups is 1. The number of likely N-dealkylation sites (tertiary alicyclic amines) is 1. The van der Waals surface area contributed by atoms with Crippen LogP contribution in [0.3, 0.4) is 0 Å². The lowest BCUT2D eigenvalue weighted by atomic mass is 10.1. The van der Waals surface area contributed by atoms with Gasteiger partial charge in [-0.1, -0.05) is 12.5 Å². The van der Waals surface area contributed by atoms with Crippen molar-refractivity contribution in [1.29, 1.82) is 0 Å². The lowest BCUT2D eigenvalue weighted by Crippen LogP contribution is -2.37. The van der Waals surface area contributed by atoms with Gasteiger partial charge in [-0.3, -0.25) is 4.79 Å². The molecule has 0 unspecified atom stereocenters. The van der Waals surface area contributed by atoms with Gasteiger partial charge in [-0.15, -0.1) is 6.58 Å². The number of hydrogen-bond acceptors (Lipinski definition) is 3. The summed E-state index contributed by atoms with van der Waals surface area (Å²) in [6.07, 6.45) is 9.34. The maximum Gasteiger partial charge on any atom is 0.305 e. The number of nitrogens with zero attached hydrogens (tertiary/aromatic N) is 1. The molecule has 1 rings (SSSR count). The number of hydrogen-bond donors (Lipinski definition) is 1. The second-order valence-electron chi connectivity index (χ2n) is 5.19. The van der Waals surface area contributed by atoms with E-state index in [9.17, 15) is 4.79 Å². The monoisotopic (exact) mass is 269 g/mol. The molecule has 0 aromatic rings. The van der Waals surface area contributed by atoms with Crippen molar-refractivity contribution in [2.24, 2.45) is 0 Å². The van der Waals surface area contributed by atoms with E-state index in [0.29, 0.717) is 6.61 Å². The zero-order valence-corrected chi connectivity index (χ0v) is 11.9. The van der Waals surface area contributed by atoms with Crippen molar-refractivity contribution in [2.45, 2.75) is 51.0 Å². The van der Waals surface area contributed by atoms with Crippen LogP contribution in [0.4, 0.5) is 0 Å². The molecule has 1 saturated heterocycles. The summed E-state index contributed by atoms with van der Waals surface area (Å²) in [5, 5.41) is 8.55. The molecule has 0 radical (unpaired) electrons. The lowest BCUT2D eigenvalue weighted by molar-refractivity contribution is -0.138. The number of aliphatic carboxylic acids is 1. The molecule has 0 aromatic heterocycles. The summed E-state index contributed by atoms with van der Waals surface area (Å²) in [7, 11) is 0. The molecule has 0 spiro atoms. The largest absolute Gasteiger partial charge is 0.481 e. The van der Waals surface area contributed by atoms with Gasteiger partial charge in [-0.2, -0.15) is 0 Å². The van der Waals surface area contributed by atoms with Crippen molar-refractivity contribution in [2.75, 3.05) is 26.2 Å². The second-order valence-corrected chi connectivity index (χ2v) is 5.19. The Hall–Kier alpha value is -0.870. The fourth-order valence-electron chi connectivity index (χ4n) is 2.41. The van der Waals surface area contributed by atoms with E-state index in [4.69, 9.17) is 9.84 Å². The Balaban J connectivity index is 1.99. The lowest BCUT2D eigenvalue weighted by Gasteiger charge is -2.31. The Labute approximate surface area is 116 Å². The Kier molecular flexibility index (Phi) is 8.50. The summed E-state index contributed by atoms with van der Waals surface area (Å²) in [5.41, 5.74) is 0. The highest BCUT2D eigenvalue weighted by Gasteiger charge is 2.19. The summed E-state index contributed by atoms with van der Waals surface area (Å²) < 4.78 is 5.58. The minimum absolute atomic E-state index is 0.115. The van der Waals surface area contributed by atoms with Crippen LogP contribution in [0.25, 0.3) is 0 Å². The first-order chi connectivity index (χ1) is 9.22. The maximum absolute atomic E-state index is 10.4. The van der Waals surface area contributed by atoms with E-state index < -0.39 is 5.97 Å². The van der Waals surface area contributed by atoms with Crippen LogP contribution >= 0.6 is 0 Å². The molecule has 1 aliphatic heterocycles. The normalized spacial score (nSPS) is 17.5. The zero-order chi connectivity index (χ0) is 13.9. The van der Waals surface area contributed by atoms with Crippen LogP contribution in [0.1, 0.15) is 44.9 Å². The molecular weight excluding hydrogens is 242 g/mol. The van der Waals surface area contributed by atoms with Crippen LogP contribution in [0.15, 0.2) is 12.7 Å². The van der Waals surface area contributed by atoms with E-state index in [-0.39, 0.29) is 12.5 Å². The highest BCUT2D eigenvalue weighted by atomic mass is 16.5. The molecule has 0 amide bonds. The van der Waals surface area contributed by atoms with Gasteiger partial charge >= 0.3 is 5.97 Å². The number of carboxylic acid groups (broad SMARTS) is 1. The first kappa shape index (κ1) is 16.2. The van der Waals surface area contributed by atoms with Gasteiger partial charge in [-0.05, 0) is 38.6 Å². The molecule has 0 saturated carbocycles. The van der Waals surface area contributed by atoms with Crippen LogP contribution < -0.4 is 0 Å². The molecular formula is C15H27NO3. The van der Waals surface area contributed by atoms with Gasteiger partial charge in [0.25, 0.3) is 0 Å². The topological polar surface area (TPSA) is 49.8 Å². The molecule has 1 N–H and O–H groups in total. The highest BCUT2D eigenvalue weighted by Crippen LogP contribution is 2.15. The van der Waals surface area contributed by atoms with Crippen LogP contribution in [0.5, 0.6) is 0 Å². The van der Waals surface area contributed by atoms with Gasteiger partial charge in [-0.25, -0.2) is 0 Å². The molecule has 0 aliphatic carbocycles. The van der Waals surface area contributed by atoms with Gasteiger partial charge in [0, 0.05) is 13.1 Å². The summed E-state index contributed by atoms with van der Waals surface area (Å²) >= 11 is 0. The number of piperidine rings is 1. The van der Waals surface area contributed by atoms with Crippen molar-refractivity contribution in [1.82, 2.24) is 4.90 Å². The Bertz CT molecular complexity index is 260. The van der Waals surface area contributed by atoms with E-state index in [0.717, 1.165) is 32.4 Å². The fourth-order valence-corrected chi connectivity index (χ4v) is 2.41. The van der Waals surface area contributed by atoms with Gasteiger partial charge in [0.2, 0.25) is 0 Å². The smallest absolute Gasteiger partial charge is 0.305 e.